The first-order valence-electron chi connectivity index (χ1n) is 10.3. The molecule has 0 bridgehead atoms. The molecule has 6 nitrogen and oxygen atoms in total. The number of nitrogens with zero attached hydrogens (tertiary/aromatic N) is 2. The molecule has 2 aliphatic rings. The number of hydrogen-bond acceptors (Lipinski definition) is 5. The van der Waals surface area contributed by atoms with Crippen LogP contribution in [0, 0.1) is 0 Å². The van der Waals surface area contributed by atoms with Crippen molar-refractivity contribution in [2.45, 2.75) is 19.4 Å². The van der Waals surface area contributed by atoms with E-state index in [-0.39, 0.29) is 24.5 Å². The number of rotatable bonds is 6. The van der Waals surface area contributed by atoms with E-state index in [1.54, 1.807) is 18.2 Å². The molecule has 0 atom stereocenters. The molecule has 158 valence electrons. The molecule has 4 rings (SSSR count). The molecule has 1 amide bonds. The molecule has 1 saturated heterocycles. The van der Waals surface area contributed by atoms with E-state index in [2.05, 4.69) is 4.90 Å². The third-order valence-electron chi connectivity index (χ3n) is 5.47. The lowest BCUT2D eigenvalue weighted by molar-refractivity contribution is -0.132. The van der Waals surface area contributed by atoms with Crippen molar-refractivity contribution in [1.82, 2.24) is 9.80 Å². The summed E-state index contributed by atoms with van der Waals surface area (Å²) in [5, 5.41) is 0.736. The number of halogens is 1. The number of hydrogen-bond donors (Lipinski definition) is 0. The fraction of sp³-hybridized carbons (Fsp3) is 0.391. The normalized spacial score (nSPS) is 16.4. The van der Waals surface area contributed by atoms with Gasteiger partial charge in [-0.3, -0.25) is 14.5 Å². The summed E-state index contributed by atoms with van der Waals surface area (Å²) in [5.74, 6) is 1.23. The van der Waals surface area contributed by atoms with Crippen molar-refractivity contribution in [3.63, 3.8) is 0 Å². The van der Waals surface area contributed by atoms with Crippen LogP contribution in [0.4, 0.5) is 0 Å². The van der Waals surface area contributed by atoms with Crippen LogP contribution < -0.4 is 9.47 Å². The third-order valence-corrected chi connectivity index (χ3v) is 5.73. The summed E-state index contributed by atoms with van der Waals surface area (Å²) >= 11 is 5.94. The minimum Gasteiger partial charge on any atom is -0.486 e. The molecular formula is C23H25ClN2O4. The van der Waals surface area contributed by atoms with Crippen molar-refractivity contribution in [2.24, 2.45) is 0 Å². The van der Waals surface area contributed by atoms with E-state index in [4.69, 9.17) is 21.1 Å². The van der Waals surface area contributed by atoms with Crippen LogP contribution in [-0.4, -0.2) is 60.9 Å². The number of ketones is 1. The van der Waals surface area contributed by atoms with Gasteiger partial charge in [-0.1, -0.05) is 23.7 Å². The number of carbonyl (C=O) groups excluding carboxylic acids is 2. The highest BCUT2D eigenvalue weighted by Crippen LogP contribution is 2.31. The van der Waals surface area contributed by atoms with E-state index < -0.39 is 0 Å². The van der Waals surface area contributed by atoms with Crippen molar-refractivity contribution in [3.8, 4) is 11.5 Å². The number of carbonyl (C=O) groups is 2. The Labute approximate surface area is 181 Å². The monoisotopic (exact) mass is 428 g/mol. The van der Waals surface area contributed by atoms with E-state index in [9.17, 15) is 9.59 Å². The molecular weight excluding hydrogens is 404 g/mol. The van der Waals surface area contributed by atoms with E-state index in [0.29, 0.717) is 43.4 Å². The first-order chi connectivity index (χ1) is 14.6. The van der Waals surface area contributed by atoms with Crippen molar-refractivity contribution in [3.05, 3.63) is 58.6 Å². The van der Waals surface area contributed by atoms with E-state index in [1.165, 1.54) is 5.56 Å². The largest absolute Gasteiger partial charge is 0.486 e. The highest BCUT2D eigenvalue weighted by molar-refractivity contribution is 6.30. The Hall–Kier alpha value is -2.57. The van der Waals surface area contributed by atoms with E-state index in [1.807, 2.05) is 29.2 Å². The van der Waals surface area contributed by atoms with Crippen LogP contribution in [0.1, 0.15) is 28.8 Å². The summed E-state index contributed by atoms with van der Waals surface area (Å²) in [5.41, 5.74) is 1.77. The second-order valence-electron chi connectivity index (χ2n) is 7.57. The van der Waals surface area contributed by atoms with Crippen molar-refractivity contribution < 1.29 is 19.1 Å². The summed E-state index contributed by atoms with van der Waals surface area (Å²) in [6.45, 7) is 4.86. The van der Waals surface area contributed by atoms with Gasteiger partial charge in [0.15, 0.2) is 17.3 Å². The summed E-state index contributed by atoms with van der Waals surface area (Å²) in [6.07, 6.45) is 0.425. The van der Waals surface area contributed by atoms with Gasteiger partial charge >= 0.3 is 0 Å². The van der Waals surface area contributed by atoms with E-state index >= 15 is 0 Å². The molecule has 2 aliphatic heterocycles. The van der Waals surface area contributed by atoms with Crippen LogP contribution in [0.15, 0.2) is 42.5 Å². The van der Waals surface area contributed by atoms with Crippen molar-refractivity contribution in [1.29, 1.82) is 0 Å². The lowest BCUT2D eigenvalue weighted by Gasteiger charge is -2.34. The second-order valence-corrected chi connectivity index (χ2v) is 8.00. The first-order valence-corrected chi connectivity index (χ1v) is 10.6. The molecule has 0 aliphatic carbocycles. The zero-order valence-corrected chi connectivity index (χ0v) is 17.6. The van der Waals surface area contributed by atoms with Gasteiger partial charge < -0.3 is 14.4 Å². The summed E-state index contributed by atoms with van der Waals surface area (Å²) in [4.78, 5) is 29.3. The molecule has 1 fully saturated rings. The SMILES string of the molecule is O=C(CCC(=O)N1CCN(Cc2ccc(Cl)cc2)CC1)c1ccc2c(c1)OCCO2. The van der Waals surface area contributed by atoms with Gasteiger partial charge in [-0.15, -0.1) is 0 Å². The maximum atomic E-state index is 12.6. The number of fused-ring (bicyclic) bond motifs is 1. The van der Waals surface area contributed by atoms with Crippen LogP contribution in [0.2, 0.25) is 5.02 Å². The van der Waals surface area contributed by atoms with Crippen LogP contribution in [0.5, 0.6) is 11.5 Å². The van der Waals surface area contributed by atoms with Gasteiger partial charge in [0.2, 0.25) is 5.91 Å². The molecule has 0 spiro atoms. The number of ether oxygens (including phenoxy) is 2. The van der Waals surface area contributed by atoms with Crippen LogP contribution in [0.25, 0.3) is 0 Å². The van der Waals surface area contributed by atoms with E-state index in [0.717, 1.165) is 24.7 Å². The Morgan fingerprint density at radius 2 is 1.57 bits per heavy atom. The van der Waals surface area contributed by atoms with Crippen LogP contribution in [-0.2, 0) is 11.3 Å². The summed E-state index contributed by atoms with van der Waals surface area (Å²) in [7, 11) is 0. The Bertz CT molecular complexity index is 908. The first kappa shape index (κ1) is 20.7. The summed E-state index contributed by atoms with van der Waals surface area (Å²) in [6, 6.07) is 13.0. The molecule has 0 N–H and O–H groups in total. The zero-order chi connectivity index (χ0) is 20.9. The topological polar surface area (TPSA) is 59.1 Å². The van der Waals surface area contributed by atoms with Crippen molar-refractivity contribution >= 4 is 23.3 Å². The molecule has 30 heavy (non-hydrogen) atoms. The minimum absolute atomic E-state index is 0.0343. The standard InChI is InChI=1S/C23H25ClN2O4/c24-19-4-1-17(2-5-19)16-25-9-11-26(12-10-25)23(28)8-6-20(27)18-3-7-21-22(15-18)30-14-13-29-21/h1-5,7,15H,6,8-14,16H2. The van der Waals surface area contributed by atoms with Gasteiger partial charge in [-0.2, -0.15) is 0 Å². The molecule has 0 saturated carbocycles. The quantitative estimate of drug-likeness (QED) is 0.660. The Balaban J connectivity index is 1.23. The predicted molar refractivity (Wildman–Crippen MR) is 114 cm³/mol. The molecule has 0 radical (unpaired) electrons. The number of piperazine rings is 1. The highest BCUT2D eigenvalue weighted by atomic mass is 35.5. The Morgan fingerprint density at radius 3 is 2.30 bits per heavy atom. The predicted octanol–water partition coefficient (Wildman–Crippen LogP) is 3.42. The average molecular weight is 429 g/mol. The zero-order valence-electron chi connectivity index (χ0n) is 16.8. The highest BCUT2D eigenvalue weighted by Gasteiger charge is 2.22. The molecule has 2 heterocycles. The van der Waals surface area contributed by atoms with Gasteiger partial charge in [-0.25, -0.2) is 0 Å². The maximum absolute atomic E-state index is 12.6. The van der Waals surface area contributed by atoms with Gasteiger partial charge in [0.1, 0.15) is 13.2 Å². The lowest BCUT2D eigenvalue weighted by atomic mass is 10.1. The second kappa shape index (κ2) is 9.49. The molecule has 2 aromatic rings. The number of benzene rings is 2. The Morgan fingerprint density at radius 1 is 0.867 bits per heavy atom. The molecule has 7 heteroatoms. The molecule has 2 aromatic carbocycles. The fourth-order valence-corrected chi connectivity index (χ4v) is 3.87. The minimum atomic E-state index is -0.0540. The molecule has 0 unspecified atom stereocenters. The van der Waals surface area contributed by atoms with Crippen LogP contribution in [0.3, 0.4) is 0 Å². The fourth-order valence-electron chi connectivity index (χ4n) is 3.74. The van der Waals surface area contributed by atoms with Gasteiger partial charge in [0.05, 0.1) is 0 Å². The summed E-state index contributed by atoms with van der Waals surface area (Å²) < 4.78 is 11.0. The number of amides is 1. The average Bonchev–Trinajstić information content (AvgIpc) is 2.79. The van der Waals surface area contributed by atoms with Gasteiger partial charge in [0.25, 0.3) is 0 Å². The smallest absolute Gasteiger partial charge is 0.223 e. The lowest BCUT2D eigenvalue weighted by Crippen LogP contribution is -2.48. The third kappa shape index (κ3) is 5.12. The maximum Gasteiger partial charge on any atom is 0.223 e. The Kier molecular flexibility index (Phi) is 6.55. The number of Topliss-reactive ketones (excluding diaryl/α,β-unsaturated/α-hetero) is 1. The van der Waals surface area contributed by atoms with Crippen LogP contribution >= 0.6 is 11.6 Å². The van der Waals surface area contributed by atoms with Gasteiger partial charge in [0, 0.05) is 56.2 Å². The van der Waals surface area contributed by atoms with Gasteiger partial charge in [-0.05, 0) is 35.9 Å². The molecule has 0 aromatic heterocycles. The van der Waals surface area contributed by atoms with Crippen molar-refractivity contribution in [2.75, 3.05) is 39.4 Å².